The normalized spacial score (nSPS) is 18.1. The lowest BCUT2D eigenvalue weighted by Gasteiger charge is -2.29. The van der Waals surface area contributed by atoms with Crippen molar-refractivity contribution in [1.82, 2.24) is 9.88 Å². The van der Waals surface area contributed by atoms with Crippen LogP contribution >= 0.6 is 35.3 Å². The van der Waals surface area contributed by atoms with Crippen molar-refractivity contribution in [2.24, 2.45) is 0 Å². The van der Waals surface area contributed by atoms with Crippen molar-refractivity contribution < 1.29 is 19.2 Å². The number of nitro benzene ring substituents is 1. The van der Waals surface area contributed by atoms with Crippen molar-refractivity contribution in [3.05, 3.63) is 50.4 Å². The molecule has 2 heterocycles. The highest BCUT2D eigenvalue weighted by atomic mass is 32.2. The minimum Gasteiger partial charge on any atom is -0.483 e. The zero-order valence-corrected chi connectivity index (χ0v) is 19.8. The predicted octanol–water partition coefficient (Wildman–Crippen LogP) is 4.60. The van der Waals surface area contributed by atoms with E-state index >= 15 is 0 Å². The lowest BCUT2D eigenvalue weighted by molar-refractivity contribution is -0.384. The van der Waals surface area contributed by atoms with Crippen LogP contribution in [0.3, 0.4) is 0 Å². The molecular formula is C21H20N4O5S3. The minimum absolute atomic E-state index is 0.0903. The Morgan fingerprint density at radius 1 is 1.36 bits per heavy atom. The number of hydrogen-bond donors (Lipinski definition) is 1. The molecule has 33 heavy (non-hydrogen) atoms. The molecule has 2 amide bonds. The molecule has 1 aliphatic carbocycles. The number of thiazole rings is 1. The van der Waals surface area contributed by atoms with Crippen LogP contribution in [0, 0.1) is 10.1 Å². The summed E-state index contributed by atoms with van der Waals surface area (Å²) in [5, 5.41) is 16.1. The van der Waals surface area contributed by atoms with Crippen LogP contribution in [0.1, 0.15) is 37.7 Å². The molecule has 0 spiro atoms. The average molecular weight is 505 g/mol. The molecule has 1 aromatic heterocycles. The van der Waals surface area contributed by atoms with E-state index in [9.17, 15) is 19.7 Å². The van der Waals surface area contributed by atoms with Crippen molar-refractivity contribution in [2.75, 3.05) is 11.9 Å². The molecule has 1 saturated carbocycles. The number of anilines is 1. The Labute approximate surface area is 203 Å². The Kier molecular flexibility index (Phi) is 7.36. The Hall–Kier alpha value is -2.83. The summed E-state index contributed by atoms with van der Waals surface area (Å²) in [4.78, 5) is 42.0. The van der Waals surface area contributed by atoms with Gasteiger partial charge in [0.05, 0.1) is 9.83 Å². The van der Waals surface area contributed by atoms with E-state index in [0.29, 0.717) is 19.9 Å². The standard InChI is InChI=1S/C21H20N4O5S3/c26-18(23-20-22-8-9-32-20)12-30-16-7-6-15(25(28)29)10-13(16)11-17-19(27)24(21(31)33-17)14-4-2-1-3-5-14/h6-11,14H,1-5,12H2,(H,22,23,26)/b17-11-. The van der Waals surface area contributed by atoms with Gasteiger partial charge in [0.25, 0.3) is 17.5 Å². The van der Waals surface area contributed by atoms with Crippen molar-refractivity contribution in [1.29, 1.82) is 0 Å². The predicted molar refractivity (Wildman–Crippen MR) is 131 cm³/mol. The van der Waals surface area contributed by atoms with Crippen LogP contribution in [0.5, 0.6) is 5.75 Å². The summed E-state index contributed by atoms with van der Waals surface area (Å²) in [6.07, 6.45) is 8.23. The number of rotatable bonds is 7. The second kappa shape index (κ2) is 10.4. The number of thiocarbonyl (C=S) groups is 1. The Bertz CT molecular complexity index is 1110. The second-order valence-electron chi connectivity index (χ2n) is 7.50. The molecule has 9 nitrogen and oxygen atoms in total. The molecule has 0 atom stereocenters. The zero-order valence-electron chi connectivity index (χ0n) is 17.4. The molecule has 12 heteroatoms. The van der Waals surface area contributed by atoms with E-state index in [1.807, 2.05) is 0 Å². The highest BCUT2D eigenvalue weighted by molar-refractivity contribution is 8.26. The van der Waals surface area contributed by atoms with Gasteiger partial charge in [-0.1, -0.05) is 43.2 Å². The number of aromatic nitrogens is 1. The monoisotopic (exact) mass is 504 g/mol. The largest absolute Gasteiger partial charge is 0.483 e. The fourth-order valence-electron chi connectivity index (χ4n) is 3.75. The van der Waals surface area contributed by atoms with E-state index in [0.717, 1.165) is 32.1 Å². The smallest absolute Gasteiger partial charge is 0.270 e. The first-order chi connectivity index (χ1) is 15.9. The summed E-state index contributed by atoms with van der Waals surface area (Å²) in [6.45, 7) is -0.318. The number of nitro groups is 1. The van der Waals surface area contributed by atoms with Gasteiger partial charge in [-0.05, 0) is 25.0 Å². The van der Waals surface area contributed by atoms with Gasteiger partial charge < -0.3 is 4.74 Å². The van der Waals surface area contributed by atoms with Gasteiger partial charge in [0.15, 0.2) is 11.7 Å². The average Bonchev–Trinajstić information content (AvgIpc) is 3.40. The number of carbonyl (C=O) groups is 2. The molecule has 1 aliphatic heterocycles. The Morgan fingerprint density at radius 3 is 2.85 bits per heavy atom. The first-order valence-electron chi connectivity index (χ1n) is 10.3. The van der Waals surface area contributed by atoms with Gasteiger partial charge in [-0.2, -0.15) is 0 Å². The number of amides is 2. The van der Waals surface area contributed by atoms with Crippen LogP contribution in [0.15, 0.2) is 34.7 Å². The molecular weight excluding hydrogens is 484 g/mol. The molecule has 1 N–H and O–H groups in total. The van der Waals surface area contributed by atoms with E-state index in [2.05, 4.69) is 10.3 Å². The van der Waals surface area contributed by atoms with E-state index in [1.54, 1.807) is 22.6 Å². The van der Waals surface area contributed by atoms with Crippen LogP contribution in [0.25, 0.3) is 6.08 Å². The van der Waals surface area contributed by atoms with Crippen molar-refractivity contribution in [3.63, 3.8) is 0 Å². The Morgan fingerprint density at radius 2 is 2.15 bits per heavy atom. The first kappa shape index (κ1) is 23.3. The molecule has 2 fully saturated rings. The summed E-state index contributed by atoms with van der Waals surface area (Å²) in [7, 11) is 0. The van der Waals surface area contributed by atoms with Gasteiger partial charge in [0, 0.05) is 35.3 Å². The van der Waals surface area contributed by atoms with Crippen LogP contribution in [-0.4, -0.2) is 43.6 Å². The van der Waals surface area contributed by atoms with Crippen LogP contribution in [0.2, 0.25) is 0 Å². The Balaban J connectivity index is 1.55. The van der Waals surface area contributed by atoms with Gasteiger partial charge in [-0.15, -0.1) is 11.3 Å². The van der Waals surface area contributed by atoms with E-state index in [1.165, 1.54) is 41.3 Å². The maximum absolute atomic E-state index is 13.1. The van der Waals surface area contributed by atoms with E-state index < -0.39 is 10.8 Å². The molecule has 0 unspecified atom stereocenters. The molecule has 0 radical (unpaired) electrons. The fourth-order valence-corrected chi connectivity index (χ4v) is 5.69. The lowest BCUT2D eigenvalue weighted by atomic mass is 9.94. The lowest BCUT2D eigenvalue weighted by Crippen LogP contribution is -2.39. The summed E-state index contributed by atoms with van der Waals surface area (Å²) in [6, 6.07) is 4.12. The topological polar surface area (TPSA) is 115 Å². The number of ether oxygens (including phenoxy) is 1. The van der Waals surface area contributed by atoms with Crippen LogP contribution in [0.4, 0.5) is 10.8 Å². The van der Waals surface area contributed by atoms with Crippen molar-refractivity contribution in [3.8, 4) is 5.75 Å². The van der Waals surface area contributed by atoms with Gasteiger partial charge in [0.1, 0.15) is 10.1 Å². The van der Waals surface area contributed by atoms with Gasteiger partial charge in [-0.25, -0.2) is 4.98 Å². The zero-order chi connectivity index (χ0) is 23.4. The first-order valence-corrected chi connectivity index (χ1v) is 12.4. The third kappa shape index (κ3) is 5.57. The maximum Gasteiger partial charge on any atom is 0.270 e. The second-order valence-corrected chi connectivity index (χ2v) is 10.1. The third-order valence-corrected chi connectivity index (χ3v) is 7.31. The summed E-state index contributed by atoms with van der Waals surface area (Å²) in [5.74, 6) is -0.369. The van der Waals surface area contributed by atoms with E-state index in [4.69, 9.17) is 17.0 Å². The van der Waals surface area contributed by atoms with Gasteiger partial charge >= 0.3 is 0 Å². The van der Waals surface area contributed by atoms with Gasteiger partial charge in [0.2, 0.25) is 0 Å². The number of nitrogens with zero attached hydrogens (tertiary/aromatic N) is 3. The number of non-ortho nitro benzene ring substituents is 1. The molecule has 1 saturated heterocycles. The number of nitrogens with one attached hydrogen (secondary N) is 1. The molecule has 4 rings (SSSR count). The maximum atomic E-state index is 13.1. The van der Waals surface area contributed by atoms with E-state index in [-0.39, 0.29) is 30.0 Å². The molecule has 2 aromatic rings. The van der Waals surface area contributed by atoms with Crippen LogP contribution in [-0.2, 0) is 9.59 Å². The fraction of sp³-hybridized carbons (Fsp3) is 0.333. The molecule has 2 aliphatic rings. The number of carbonyl (C=O) groups excluding carboxylic acids is 2. The van der Waals surface area contributed by atoms with Crippen molar-refractivity contribution in [2.45, 2.75) is 38.1 Å². The third-order valence-electron chi connectivity index (χ3n) is 5.29. The number of hydrogen-bond acceptors (Lipinski definition) is 9. The van der Waals surface area contributed by atoms with Gasteiger partial charge in [-0.3, -0.25) is 29.9 Å². The molecule has 0 bridgehead atoms. The number of thioether (sulfide) groups is 1. The summed E-state index contributed by atoms with van der Waals surface area (Å²) in [5.41, 5.74) is 0.180. The molecule has 1 aromatic carbocycles. The van der Waals surface area contributed by atoms with Crippen molar-refractivity contribution >= 4 is 68.3 Å². The summed E-state index contributed by atoms with van der Waals surface area (Å²) < 4.78 is 6.12. The summed E-state index contributed by atoms with van der Waals surface area (Å²) >= 11 is 7.91. The molecule has 172 valence electrons. The SMILES string of the molecule is O=C(COc1ccc([N+](=O)[O-])cc1/C=C1\SC(=S)N(C2CCCCC2)C1=O)Nc1nccs1. The highest BCUT2D eigenvalue weighted by Crippen LogP contribution is 2.38. The highest BCUT2D eigenvalue weighted by Gasteiger charge is 2.37. The van der Waals surface area contributed by atoms with Crippen LogP contribution < -0.4 is 10.1 Å². The number of benzene rings is 1. The quantitative estimate of drug-likeness (QED) is 0.252. The minimum atomic E-state index is -0.524.